The molecule has 0 aromatic rings. The van der Waals surface area contributed by atoms with Crippen LogP contribution in [0.5, 0.6) is 0 Å². The van der Waals surface area contributed by atoms with Gasteiger partial charge in [0.25, 0.3) is 5.91 Å². The molecule has 1 aliphatic rings. The molecule has 74 valence electrons. The third-order valence-corrected chi connectivity index (χ3v) is 1.98. The second-order valence-electron chi connectivity index (χ2n) is 3.00. The average Bonchev–Trinajstić information content (AvgIpc) is 2.12. The van der Waals surface area contributed by atoms with Gasteiger partial charge in [-0.2, -0.15) is 0 Å². The second kappa shape index (κ2) is 3.47. The van der Waals surface area contributed by atoms with E-state index in [9.17, 15) is 14.4 Å². The van der Waals surface area contributed by atoms with Crippen LogP contribution < -0.4 is 0 Å². The Kier molecular flexibility index (Phi) is 2.53. The Morgan fingerprint density at radius 3 is 2.43 bits per heavy atom. The monoisotopic (exact) mass is 194 g/mol. The molecule has 0 aliphatic carbocycles. The van der Waals surface area contributed by atoms with Gasteiger partial charge in [0.15, 0.2) is 11.7 Å². The van der Waals surface area contributed by atoms with E-state index in [1.165, 1.54) is 25.1 Å². The summed E-state index contributed by atoms with van der Waals surface area (Å²) < 4.78 is 0. The fourth-order valence-electron chi connectivity index (χ4n) is 1.21. The van der Waals surface area contributed by atoms with E-state index in [0.29, 0.717) is 0 Å². The minimum atomic E-state index is -0.478. The predicted octanol–water partition coefficient (Wildman–Crippen LogP) is -0.464. The molecule has 0 radical (unpaired) electrons. The fraction of sp³-hybridized carbons (Fsp3) is 0.333. The number of nitrogens with zero attached hydrogens (tertiary/aromatic N) is 2. The van der Waals surface area contributed by atoms with E-state index in [2.05, 4.69) is 0 Å². The van der Waals surface area contributed by atoms with Crippen LogP contribution in [0, 0.1) is 0 Å². The molecule has 1 rings (SSSR count). The quantitative estimate of drug-likeness (QED) is 0.418. The highest BCUT2D eigenvalue weighted by molar-refractivity contribution is 6.19. The van der Waals surface area contributed by atoms with E-state index in [4.69, 9.17) is 0 Å². The van der Waals surface area contributed by atoms with E-state index in [-0.39, 0.29) is 17.2 Å². The van der Waals surface area contributed by atoms with Gasteiger partial charge < -0.3 is 4.90 Å². The smallest absolute Gasteiger partial charge is 0.264 e. The lowest BCUT2D eigenvalue weighted by atomic mass is 10.1. The summed E-state index contributed by atoms with van der Waals surface area (Å²) in [5, 5.41) is 0. The van der Waals surface area contributed by atoms with Crippen molar-refractivity contribution in [2.75, 3.05) is 14.1 Å². The summed E-state index contributed by atoms with van der Waals surface area (Å²) in [6.45, 7) is 1.31. The molecule has 1 heterocycles. The van der Waals surface area contributed by atoms with Gasteiger partial charge in [0.2, 0.25) is 5.82 Å². The molecule has 0 spiro atoms. The Bertz CT molecular complexity index is 378. The number of rotatable bonds is 1. The number of hydrogen-bond acceptors (Lipinski definition) is 4. The predicted molar refractivity (Wildman–Crippen MR) is 48.5 cm³/mol. The van der Waals surface area contributed by atoms with Gasteiger partial charge in [-0.3, -0.25) is 14.5 Å². The van der Waals surface area contributed by atoms with Crippen molar-refractivity contribution in [1.29, 1.82) is 0 Å². The van der Waals surface area contributed by atoms with E-state index >= 15 is 0 Å². The lowest BCUT2D eigenvalue weighted by Gasteiger charge is -2.29. The summed E-state index contributed by atoms with van der Waals surface area (Å²) in [7, 11) is 3.00. The van der Waals surface area contributed by atoms with Crippen LogP contribution in [0.4, 0.5) is 0 Å². The number of hydrogen-bond donors (Lipinski definition) is 0. The van der Waals surface area contributed by atoms with Crippen LogP contribution in [0.1, 0.15) is 6.92 Å². The fourth-order valence-corrected chi connectivity index (χ4v) is 1.21. The van der Waals surface area contributed by atoms with Crippen LogP contribution in [-0.4, -0.2) is 41.5 Å². The molecule has 0 aromatic carbocycles. The van der Waals surface area contributed by atoms with Crippen molar-refractivity contribution in [2.24, 2.45) is 0 Å². The Morgan fingerprint density at radius 1 is 1.43 bits per heavy atom. The van der Waals surface area contributed by atoms with Crippen molar-refractivity contribution in [1.82, 2.24) is 9.80 Å². The lowest BCUT2D eigenvalue weighted by molar-refractivity contribution is -0.128. The number of ketones is 1. The molecule has 14 heavy (non-hydrogen) atoms. The van der Waals surface area contributed by atoms with E-state index in [1.54, 1.807) is 13.0 Å². The van der Waals surface area contributed by atoms with Gasteiger partial charge in [0.1, 0.15) is 0 Å². The van der Waals surface area contributed by atoms with Crippen LogP contribution in [0.15, 0.2) is 17.6 Å². The molecule has 0 aromatic heterocycles. The van der Waals surface area contributed by atoms with Crippen molar-refractivity contribution in [2.45, 2.75) is 6.92 Å². The topological polar surface area (TPSA) is 57.7 Å². The standard InChI is InChI=1S/C9H10N2O3/c1-6(13)7-4-10(2)8(5-12)11(3)9(7)14/h4H,1-3H3. The Balaban J connectivity index is 3.23. The highest BCUT2D eigenvalue weighted by Crippen LogP contribution is 2.16. The number of Topliss-reactive ketones (excluding diaryl/α,β-unsaturated/α-hetero) is 1. The van der Waals surface area contributed by atoms with Crippen molar-refractivity contribution in [3.63, 3.8) is 0 Å². The van der Waals surface area contributed by atoms with Crippen LogP contribution in [-0.2, 0) is 14.4 Å². The molecule has 0 N–H and O–H groups in total. The maximum absolute atomic E-state index is 11.5. The Morgan fingerprint density at radius 2 is 2.00 bits per heavy atom. The van der Waals surface area contributed by atoms with E-state index < -0.39 is 5.91 Å². The largest absolute Gasteiger partial charge is 0.327 e. The summed E-state index contributed by atoms with van der Waals surface area (Å²) >= 11 is 0. The molecule has 5 heteroatoms. The SMILES string of the molecule is CC(=O)C1=CN(C)C(=C=O)N(C)C1=O. The van der Waals surface area contributed by atoms with Gasteiger partial charge >= 0.3 is 0 Å². The molecule has 0 fully saturated rings. The van der Waals surface area contributed by atoms with Crippen molar-refractivity contribution in [3.8, 4) is 0 Å². The first-order valence-electron chi connectivity index (χ1n) is 3.97. The Hall–Kier alpha value is -1.87. The highest BCUT2D eigenvalue weighted by atomic mass is 16.2. The van der Waals surface area contributed by atoms with Crippen LogP contribution in [0.3, 0.4) is 0 Å². The zero-order valence-corrected chi connectivity index (χ0v) is 8.20. The summed E-state index contributed by atoms with van der Waals surface area (Å²) in [5.41, 5.74) is 0.0639. The van der Waals surface area contributed by atoms with Crippen molar-refractivity contribution < 1.29 is 14.4 Å². The van der Waals surface area contributed by atoms with Gasteiger partial charge in [0.05, 0.1) is 5.57 Å². The summed E-state index contributed by atoms with van der Waals surface area (Å²) in [6.07, 6.45) is 1.34. The van der Waals surface area contributed by atoms with Crippen molar-refractivity contribution in [3.05, 3.63) is 17.6 Å². The molecule has 0 saturated heterocycles. The minimum Gasteiger partial charge on any atom is -0.327 e. The molecule has 0 saturated carbocycles. The van der Waals surface area contributed by atoms with Crippen LogP contribution >= 0.6 is 0 Å². The molecule has 0 atom stereocenters. The zero-order valence-electron chi connectivity index (χ0n) is 8.20. The number of carbonyl (C=O) groups is 2. The number of likely N-dealkylation sites (N-methyl/N-ethyl adjacent to an activating group) is 1. The molecule has 1 amide bonds. The van der Waals surface area contributed by atoms with Gasteiger partial charge in [-0.1, -0.05) is 0 Å². The van der Waals surface area contributed by atoms with Gasteiger partial charge in [-0.05, 0) is 6.92 Å². The minimum absolute atomic E-state index is 0.0639. The van der Waals surface area contributed by atoms with Gasteiger partial charge in [0, 0.05) is 20.3 Å². The molecule has 0 bridgehead atoms. The second-order valence-corrected chi connectivity index (χ2v) is 3.00. The maximum Gasteiger partial charge on any atom is 0.264 e. The number of carbonyl (C=O) groups excluding carboxylic acids is 3. The third-order valence-electron chi connectivity index (χ3n) is 1.98. The normalized spacial score (nSPS) is 16.6. The number of amides is 1. The first kappa shape index (κ1) is 10.2. The summed E-state index contributed by atoms with van der Waals surface area (Å²) in [6, 6.07) is 0. The Labute approximate surface area is 81.3 Å². The highest BCUT2D eigenvalue weighted by Gasteiger charge is 2.28. The molecular weight excluding hydrogens is 184 g/mol. The van der Waals surface area contributed by atoms with Crippen LogP contribution in [0.25, 0.3) is 0 Å². The molecule has 1 aliphatic heterocycles. The lowest BCUT2D eigenvalue weighted by Crippen LogP contribution is -2.40. The molecular formula is C9H10N2O3. The van der Waals surface area contributed by atoms with Gasteiger partial charge in [-0.25, -0.2) is 4.79 Å². The summed E-state index contributed by atoms with van der Waals surface area (Å²) in [5.74, 6) is 0.934. The maximum atomic E-state index is 11.5. The third kappa shape index (κ3) is 1.45. The van der Waals surface area contributed by atoms with E-state index in [1.807, 2.05) is 0 Å². The molecule has 5 nitrogen and oxygen atoms in total. The average molecular weight is 194 g/mol. The van der Waals surface area contributed by atoms with Crippen LogP contribution in [0.2, 0.25) is 0 Å². The first-order valence-corrected chi connectivity index (χ1v) is 3.97. The first-order chi connectivity index (χ1) is 6.49. The summed E-state index contributed by atoms with van der Waals surface area (Å²) in [4.78, 5) is 35.5. The molecule has 0 unspecified atom stereocenters. The van der Waals surface area contributed by atoms with Gasteiger partial charge in [-0.15, -0.1) is 0 Å². The van der Waals surface area contributed by atoms with Crippen molar-refractivity contribution >= 4 is 17.6 Å². The zero-order chi connectivity index (χ0) is 10.9. The van der Waals surface area contributed by atoms with E-state index in [0.717, 1.165) is 4.90 Å².